The van der Waals surface area contributed by atoms with Gasteiger partial charge >= 0.3 is 6.09 Å². The summed E-state index contributed by atoms with van der Waals surface area (Å²) in [4.78, 5) is 41.7. The van der Waals surface area contributed by atoms with Crippen LogP contribution in [-0.4, -0.2) is 24.4 Å². The second-order valence-corrected chi connectivity index (χ2v) is 8.60. The fourth-order valence-corrected chi connectivity index (χ4v) is 5.71. The van der Waals surface area contributed by atoms with Crippen LogP contribution in [-0.2, 0) is 19.7 Å². The van der Waals surface area contributed by atoms with Gasteiger partial charge in [0.25, 0.3) is 0 Å². The molecule has 0 saturated heterocycles. The van der Waals surface area contributed by atoms with Crippen LogP contribution < -0.4 is 4.90 Å². The van der Waals surface area contributed by atoms with Gasteiger partial charge in [0, 0.05) is 24.7 Å². The molecule has 1 aliphatic carbocycles. The molecule has 0 aromatic heterocycles. The molecule has 1 fully saturated rings. The number of hydrogen-bond acceptors (Lipinski definition) is 4. The lowest BCUT2D eigenvalue weighted by Gasteiger charge is -2.46. The van der Waals surface area contributed by atoms with Crippen molar-refractivity contribution in [3.8, 4) is 0 Å². The zero-order valence-corrected chi connectivity index (χ0v) is 18.4. The van der Waals surface area contributed by atoms with Gasteiger partial charge in [-0.15, -0.1) is 0 Å². The van der Waals surface area contributed by atoms with Crippen LogP contribution in [0.25, 0.3) is 0 Å². The van der Waals surface area contributed by atoms with Gasteiger partial charge in [0.2, 0.25) is 5.91 Å². The molecule has 3 aromatic rings. The number of anilines is 1. The Morgan fingerprint density at radius 3 is 1.91 bits per heavy atom. The highest BCUT2D eigenvalue weighted by Gasteiger charge is 2.64. The molecule has 166 valence electrons. The SMILES string of the molecule is CCOC(=O)N1C(=O)C2(c3ccccc31)[C@@H](c1ccccc1)CC(=O)C[C@H]2c1ccccc1. The average Bonchev–Trinajstić information content (AvgIpc) is 3.10. The van der Waals surface area contributed by atoms with Crippen LogP contribution in [0.4, 0.5) is 10.5 Å². The lowest BCUT2D eigenvalue weighted by atomic mass is 9.54. The summed E-state index contributed by atoms with van der Waals surface area (Å²) >= 11 is 0. The monoisotopic (exact) mass is 439 g/mol. The molecule has 1 saturated carbocycles. The molecule has 1 spiro atoms. The molecular weight excluding hydrogens is 414 g/mol. The van der Waals surface area contributed by atoms with Gasteiger partial charge in [-0.3, -0.25) is 9.59 Å². The van der Waals surface area contributed by atoms with Gasteiger partial charge in [-0.1, -0.05) is 78.9 Å². The van der Waals surface area contributed by atoms with E-state index in [4.69, 9.17) is 4.74 Å². The van der Waals surface area contributed by atoms with Gasteiger partial charge in [0.1, 0.15) is 5.78 Å². The van der Waals surface area contributed by atoms with E-state index in [0.29, 0.717) is 5.69 Å². The molecular formula is C28H25NO4. The van der Waals surface area contributed by atoms with Gasteiger partial charge < -0.3 is 4.74 Å². The van der Waals surface area contributed by atoms with E-state index in [-0.39, 0.29) is 31.1 Å². The van der Waals surface area contributed by atoms with Crippen molar-refractivity contribution in [3.63, 3.8) is 0 Å². The maximum Gasteiger partial charge on any atom is 0.421 e. The van der Waals surface area contributed by atoms with Crippen LogP contribution in [0, 0.1) is 0 Å². The number of nitrogens with zero attached hydrogens (tertiary/aromatic N) is 1. The molecule has 5 heteroatoms. The number of carbonyl (C=O) groups excluding carboxylic acids is 3. The Morgan fingerprint density at radius 1 is 0.848 bits per heavy atom. The number of para-hydroxylation sites is 1. The standard InChI is InChI=1S/C28H25NO4/c1-2-33-27(32)29-25-16-10-9-15-22(25)28(26(29)31)23(19-11-5-3-6-12-19)17-21(30)18-24(28)20-13-7-4-8-14-20/h3-16,23-24H,2,17-18H2,1H3/t23-,24+,28?. The van der Waals surface area contributed by atoms with E-state index in [1.54, 1.807) is 13.0 Å². The van der Waals surface area contributed by atoms with Gasteiger partial charge in [-0.2, -0.15) is 0 Å². The summed E-state index contributed by atoms with van der Waals surface area (Å²) in [6.07, 6.45) is -0.198. The lowest BCUT2D eigenvalue weighted by Crippen LogP contribution is -2.53. The normalized spacial score (nSPS) is 24.1. The Labute approximate surface area is 193 Å². The quantitative estimate of drug-likeness (QED) is 0.551. The number of Topliss-reactive ketones (excluding diaryl/α,β-unsaturated/α-hetero) is 1. The van der Waals surface area contributed by atoms with Gasteiger partial charge in [0.05, 0.1) is 17.7 Å². The third-order valence-corrected chi connectivity index (χ3v) is 6.96. The molecule has 2 aliphatic rings. The molecule has 2 amide bonds. The number of hydrogen-bond donors (Lipinski definition) is 0. The summed E-state index contributed by atoms with van der Waals surface area (Å²) in [5, 5.41) is 0. The molecule has 1 unspecified atom stereocenters. The molecule has 3 atom stereocenters. The summed E-state index contributed by atoms with van der Waals surface area (Å²) < 4.78 is 5.29. The number of fused-ring (bicyclic) bond motifs is 2. The first-order chi connectivity index (χ1) is 16.1. The summed E-state index contributed by atoms with van der Waals surface area (Å²) in [7, 11) is 0. The van der Waals surface area contributed by atoms with Crippen molar-refractivity contribution in [2.45, 2.75) is 37.0 Å². The molecule has 5 rings (SSSR count). The summed E-state index contributed by atoms with van der Waals surface area (Å²) in [6.45, 7) is 1.89. The molecule has 0 radical (unpaired) electrons. The van der Waals surface area contributed by atoms with Crippen LogP contribution >= 0.6 is 0 Å². The van der Waals surface area contributed by atoms with E-state index in [2.05, 4.69) is 0 Å². The number of benzene rings is 3. The second-order valence-electron chi connectivity index (χ2n) is 8.60. The number of carbonyl (C=O) groups is 3. The first-order valence-electron chi connectivity index (χ1n) is 11.3. The highest BCUT2D eigenvalue weighted by molar-refractivity contribution is 6.22. The minimum atomic E-state index is -1.10. The van der Waals surface area contributed by atoms with Crippen molar-refractivity contribution in [2.75, 3.05) is 11.5 Å². The van der Waals surface area contributed by atoms with Gasteiger partial charge in [0.15, 0.2) is 0 Å². The minimum absolute atomic E-state index is 0.114. The van der Waals surface area contributed by atoms with Crippen LogP contribution in [0.1, 0.15) is 48.3 Å². The summed E-state index contributed by atoms with van der Waals surface area (Å²) in [5.41, 5.74) is 2.05. The van der Waals surface area contributed by atoms with E-state index < -0.39 is 23.3 Å². The largest absolute Gasteiger partial charge is 0.449 e. The molecule has 3 aromatic carbocycles. The van der Waals surface area contributed by atoms with Crippen molar-refractivity contribution >= 4 is 23.5 Å². The van der Waals surface area contributed by atoms with Crippen molar-refractivity contribution in [3.05, 3.63) is 102 Å². The second kappa shape index (κ2) is 8.32. The van der Waals surface area contributed by atoms with Crippen LogP contribution in [0.5, 0.6) is 0 Å². The maximum absolute atomic E-state index is 14.4. The zero-order chi connectivity index (χ0) is 23.0. The molecule has 0 bridgehead atoms. The first kappa shape index (κ1) is 21.1. The molecule has 0 N–H and O–H groups in total. The third-order valence-electron chi connectivity index (χ3n) is 6.96. The number of imide groups is 1. The Bertz CT molecular complexity index is 1150. The van der Waals surface area contributed by atoms with Crippen molar-refractivity contribution < 1.29 is 19.1 Å². The fourth-order valence-electron chi connectivity index (χ4n) is 5.71. The zero-order valence-electron chi connectivity index (χ0n) is 18.4. The summed E-state index contributed by atoms with van der Waals surface area (Å²) in [6, 6.07) is 26.8. The Hall–Kier alpha value is -3.73. The molecule has 1 heterocycles. The first-order valence-corrected chi connectivity index (χ1v) is 11.3. The lowest BCUT2D eigenvalue weighted by molar-refractivity contribution is -0.130. The topological polar surface area (TPSA) is 63.7 Å². The number of rotatable bonds is 3. The Morgan fingerprint density at radius 2 is 1.36 bits per heavy atom. The van der Waals surface area contributed by atoms with Crippen molar-refractivity contribution in [2.24, 2.45) is 0 Å². The molecule has 33 heavy (non-hydrogen) atoms. The third kappa shape index (κ3) is 3.18. The van der Waals surface area contributed by atoms with Crippen LogP contribution in [0.15, 0.2) is 84.9 Å². The predicted molar refractivity (Wildman–Crippen MR) is 125 cm³/mol. The van der Waals surface area contributed by atoms with Crippen LogP contribution in [0.2, 0.25) is 0 Å². The number of ether oxygens (including phenoxy) is 1. The van der Waals surface area contributed by atoms with E-state index >= 15 is 0 Å². The average molecular weight is 440 g/mol. The Kier molecular flexibility index (Phi) is 5.33. The summed E-state index contributed by atoms with van der Waals surface area (Å²) in [5.74, 6) is -1.02. The minimum Gasteiger partial charge on any atom is -0.449 e. The van der Waals surface area contributed by atoms with Gasteiger partial charge in [-0.25, -0.2) is 9.69 Å². The van der Waals surface area contributed by atoms with E-state index in [9.17, 15) is 14.4 Å². The molecule has 1 aliphatic heterocycles. The number of ketones is 1. The smallest absolute Gasteiger partial charge is 0.421 e. The fraction of sp³-hybridized carbons (Fsp3) is 0.250. The number of amides is 2. The van der Waals surface area contributed by atoms with Crippen molar-refractivity contribution in [1.82, 2.24) is 0 Å². The van der Waals surface area contributed by atoms with E-state index in [1.165, 1.54) is 4.90 Å². The highest BCUT2D eigenvalue weighted by Crippen LogP contribution is 2.61. The van der Waals surface area contributed by atoms with Gasteiger partial charge in [-0.05, 0) is 29.7 Å². The highest BCUT2D eigenvalue weighted by atomic mass is 16.6. The van der Waals surface area contributed by atoms with E-state index in [0.717, 1.165) is 16.7 Å². The van der Waals surface area contributed by atoms with Crippen LogP contribution in [0.3, 0.4) is 0 Å². The maximum atomic E-state index is 14.4. The molecule has 5 nitrogen and oxygen atoms in total. The Balaban J connectivity index is 1.81. The van der Waals surface area contributed by atoms with Crippen molar-refractivity contribution in [1.29, 1.82) is 0 Å². The predicted octanol–water partition coefficient (Wildman–Crippen LogP) is 5.36. The van der Waals surface area contributed by atoms with E-state index in [1.807, 2.05) is 78.9 Å².